The lowest BCUT2D eigenvalue weighted by atomic mass is 9.93. The van der Waals surface area contributed by atoms with Gasteiger partial charge >= 0.3 is 0 Å². The second kappa shape index (κ2) is 8.35. The molecule has 36 heavy (non-hydrogen) atoms. The van der Waals surface area contributed by atoms with Gasteiger partial charge in [0.2, 0.25) is 5.84 Å². The number of nitrogens with one attached hydrogen (secondary N) is 1. The van der Waals surface area contributed by atoms with Crippen LogP contribution >= 0.6 is 11.8 Å². The maximum absolute atomic E-state index is 13.3. The third kappa shape index (κ3) is 3.37. The van der Waals surface area contributed by atoms with Gasteiger partial charge in [0.1, 0.15) is 0 Å². The number of anilines is 2. The molecule has 4 aromatic rings. The number of fused-ring (bicyclic) bond motifs is 4. The van der Waals surface area contributed by atoms with Gasteiger partial charge in [0.25, 0.3) is 11.6 Å². The summed E-state index contributed by atoms with van der Waals surface area (Å²) in [7, 11) is 0. The number of nitro groups is 1. The Kier molecular flexibility index (Phi) is 5.11. The van der Waals surface area contributed by atoms with Crippen molar-refractivity contribution in [2.75, 3.05) is 16.5 Å². The number of carbonyl (C=O) groups is 1. The zero-order valence-electron chi connectivity index (χ0n) is 19.4. The molecule has 0 spiro atoms. The van der Waals surface area contributed by atoms with Gasteiger partial charge in [-0.3, -0.25) is 14.9 Å². The molecule has 0 radical (unpaired) electrons. The molecule has 2 aliphatic rings. The fraction of sp³-hybridized carbons (Fsp3) is 0.115. The van der Waals surface area contributed by atoms with Gasteiger partial charge in [0.15, 0.2) is 5.82 Å². The number of nitrogens with zero attached hydrogens (tertiary/aromatic N) is 5. The number of benzene rings is 3. The van der Waals surface area contributed by atoms with Crippen LogP contribution in [0.5, 0.6) is 0 Å². The second-order valence-corrected chi connectivity index (χ2v) is 9.34. The number of aliphatic imine (C=N–C) groups is 1. The van der Waals surface area contributed by atoms with Crippen LogP contribution in [0.3, 0.4) is 0 Å². The first-order valence-electron chi connectivity index (χ1n) is 11.2. The molecule has 0 unspecified atom stereocenters. The minimum absolute atomic E-state index is 0.0102. The fourth-order valence-electron chi connectivity index (χ4n) is 4.74. The molecule has 3 heterocycles. The smallest absolute Gasteiger partial charge is 0.291 e. The van der Waals surface area contributed by atoms with Crippen molar-refractivity contribution in [3.63, 3.8) is 0 Å². The van der Waals surface area contributed by atoms with E-state index in [1.54, 1.807) is 28.6 Å². The fourth-order valence-corrected chi connectivity index (χ4v) is 5.15. The summed E-state index contributed by atoms with van der Waals surface area (Å²) in [6.45, 7) is 1.92. The van der Waals surface area contributed by atoms with Crippen molar-refractivity contribution >= 4 is 46.4 Å². The number of non-ortho nitro benzene ring substituents is 1. The van der Waals surface area contributed by atoms with Crippen molar-refractivity contribution in [2.24, 2.45) is 4.99 Å². The van der Waals surface area contributed by atoms with Crippen LogP contribution in [-0.2, 0) is 4.79 Å². The molecule has 0 aliphatic carbocycles. The van der Waals surface area contributed by atoms with E-state index in [-0.39, 0.29) is 23.5 Å². The van der Waals surface area contributed by atoms with Crippen molar-refractivity contribution in [2.45, 2.75) is 17.9 Å². The van der Waals surface area contributed by atoms with E-state index in [1.807, 2.05) is 42.3 Å². The van der Waals surface area contributed by atoms with E-state index < -0.39 is 4.92 Å². The summed E-state index contributed by atoms with van der Waals surface area (Å²) >= 11 is 1.66. The van der Waals surface area contributed by atoms with Crippen LogP contribution in [-0.4, -0.2) is 32.7 Å². The molecule has 1 amide bonds. The highest BCUT2D eigenvalue weighted by Crippen LogP contribution is 2.47. The maximum Gasteiger partial charge on any atom is 0.291 e. The number of aryl methyl sites for hydroxylation is 1. The SMILES string of the molecule is CSc1ccc([C@@H]2c3c(C)nn(-c4ccc([N+](=O)[O-])cc4)c3N=C3C(=O)Nc4ccccc4N32)cc1. The molecule has 1 aromatic heterocycles. The third-order valence-electron chi connectivity index (χ3n) is 6.40. The summed E-state index contributed by atoms with van der Waals surface area (Å²) < 4.78 is 1.65. The van der Waals surface area contributed by atoms with E-state index in [4.69, 9.17) is 10.1 Å². The minimum Gasteiger partial charge on any atom is -0.317 e. The number of carbonyl (C=O) groups excluding carboxylic acids is 1. The first kappa shape index (κ1) is 22.1. The Balaban J connectivity index is 1.59. The van der Waals surface area contributed by atoms with Gasteiger partial charge < -0.3 is 10.2 Å². The molecular formula is C26H20N6O3S. The summed E-state index contributed by atoms with van der Waals surface area (Å²) in [5.74, 6) is 0.489. The lowest BCUT2D eigenvalue weighted by molar-refractivity contribution is -0.384. The molecule has 0 saturated heterocycles. The summed E-state index contributed by atoms with van der Waals surface area (Å²) in [5, 5.41) is 18.8. The first-order chi connectivity index (χ1) is 17.5. The van der Waals surface area contributed by atoms with Crippen molar-refractivity contribution < 1.29 is 9.72 Å². The summed E-state index contributed by atoms with van der Waals surface area (Å²) in [4.78, 5) is 31.9. The normalized spacial score (nSPS) is 15.9. The molecule has 10 heteroatoms. The number of nitro benzene ring substituents is 1. The quantitative estimate of drug-likeness (QED) is 0.230. The van der Waals surface area contributed by atoms with Crippen molar-refractivity contribution in [3.05, 3.63) is 99.7 Å². The molecule has 178 valence electrons. The number of hydrogen-bond donors (Lipinski definition) is 1. The average Bonchev–Trinajstić information content (AvgIpc) is 3.24. The Morgan fingerprint density at radius 3 is 2.44 bits per heavy atom. The van der Waals surface area contributed by atoms with E-state index in [0.717, 1.165) is 33.1 Å². The van der Waals surface area contributed by atoms with Gasteiger partial charge in [0.05, 0.1) is 33.7 Å². The van der Waals surface area contributed by atoms with Crippen LogP contribution in [0.25, 0.3) is 5.69 Å². The van der Waals surface area contributed by atoms with E-state index in [1.165, 1.54) is 12.1 Å². The number of para-hydroxylation sites is 2. The lowest BCUT2D eigenvalue weighted by Crippen LogP contribution is -2.48. The predicted octanol–water partition coefficient (Wildman–Crippen LogP) is 5.40. The minimum atomic E-state index is -0.441. The van der Waals surface area contributed by atoms with E-state index in [0.29, 0.717) is 11.5 Å². The summed E-state index contributed by atoms with van der Waals surface area (Å²) in [6, 6.07) is 21.7. The molecule has 3 aromatic carbocycles. The van der Waals surface area contributed by atoms with Gasteiger partial charge in [-0.1, -0.05) is 24.3 Å². The van der Waals surface area contributed by atoms with Gasteiger partial charge in [-0.25, -0.2) is 9.67 Å². The molecule has 1 N–H and O–H groups in total. The third-order valence-corrected chi connectivity index (χ3v) is 7.15. The number of amides is 1. The number of thioether (sulfide) groups is 1. The van der Waals surface area contributed by atoms with Gasteiger partial charge in [0, 0.05) is 22.6 Å². The van der Waals surface area contributed by atoms with E-state index in [2.05, 4.69) is 29.6 Å². The monoisotopic (exact) mass is 496 g/mol. The Morgan fingerprint density at radius 1 is 1.03 bits per heavy atom. The Labute approximate surface area is 210 Å². The van der Waals surface area contributed by atoms with Crippen LogP contribution in [0.1, 0.15) is 22.9 Å². The van der Waals surface area contributed by atoms with E-state index >= 15 is 0 Å². The van der Waals surface area contributed by atoms with Gasteiger partial charge in [-0.2, -0.15) is 5.10 Å². The van der Waals surface area contributed by atoms with E-state index in [9.17, 15) is 14.9 Å². The standard InChI is InChI=1S/C26H20N6O3S/c1-15-22-23(16-7-13-19(36-2)14-8-16)30-21-6-4-3-5-20(21)27-26(33)25(30)28-24(22)31(29-15)17-9-11-18(12-10-17)32(34)35/h3-14,23H,1-2H3,(H,27,33)/t23-/m1/s1. The second-order valence-electron chi connectivity index (χ2n) is 8.46. The van der Waals surface area contributed by atoms with Crippen molar-refractivity contribution in [1.82, 2.24) is 9.78 Å². The molecule has 2 aliphatic heterocycles. The molecule has 0 saturated carbocycles. The van der Waals surface area contributed by atoms with Crippen LogP contribution < -0.4 is 10.2 Å². The lowest BCUT2D eigenvalue weighted by Gasteiger charge is -2.40. The number of rotatable bonds is 4. The molecular weight excluding hydrogens is 476 g/mol. The zero-order chi connectivity index (χ0) is 25.0. The van der Waals surface area contributed by atoms with Crippen LogP contribution in [0.4, 0.5) is 22.9 Å². The first-order valence-corrected chi connectivity index (χ1v) is 12.5. The van der Waals surface area contributed by atoms with Crippen molar-refractivity contribution in [3.8, 4) is 5.69 Å². The van der Waals surface area contributed by atoms with Crippen LogP contribution in [0.15, 0.2) is 82.7 Å². The topological polar surface area (TPSA) is 106 Å². The number of amidine groups is 1. The van der Waals surface area contributed by atoms with Gasteiger partial charge in [-0.15, -0.1) is 11.8 Å². The Hall–Kier alpha value is -4.44. The number of aromatic nitrogens is 2. The molecule has 0 fully saturated rings. The number of hydrogen-bond acceptors (Lipinski definition) is 7. The van der Waals surface area contributed by atoms with Crippen molar-refractivity contribution in [1.29, 1.82) is 0 Å². The highest BCUT2D eigenvalue weighted by Gasteiger charge is 2.42. The average molecular weight is 497 g/mol. The molecule has 0 bridgehead atoms. The molecule has 1 atom stereocenters. The zero-order valence-corrected chi connectivity index (χ0v) is 20.2. The largest absolute Gasteiger partial charge is 0.317 e. The van der Waals surface area contributed by atoms with Crippen LogP contribution in [0, 0.1) is 17.0 Å². The Morgan fingerprint density at radius 2 is 1.75 bits per heavy atom. The maximum atomic E-state index is 13.3. The van der Waals surface area contributed by atoms with Gasteiger partial charge in [-0.05, 0) is 55.1 Å². The molecule has 6 rings (SSSR count). The highest BCUT2D eigenvalue weighted by atomic mass is 32.2. The highest BCUT2D eigenvalue weighted by molar-refractivity contribution is 7.98. The summed E-state index contributed by atoms with van der Waals surface area (Å²) in [6.07, 6.45) is 2.03. The molecule has 9 nitrogen and oxygen atoms in total. The van der Waals surface area contributed by atoms with Crippen LogP contribution in [0.2, 0.25) is 0 Å². The predicted molar refractivity (Wildman–Crippen MR) is 140 cm³/mol. The summed E-state index contributed by atoms with van der Waals surface area (Å²) in [5.41, 5.74) is 4.81. The Bertz CT molecular complexity index is 1560.